The van der Waals surface area contributed by atoms with E-state index < -0.39 is 29.1 Å². The molecular weight excluding hydrogens is 210 g/mol. The van der Waals surface area contributed by atoms with Gasteiger partial charge in [-0.25, -0.2) is 0 Å². The monoisotopic (exact) mass is 227 g/mol. The molecule has 0 spiro atoms. The molecule has 5 heteroatoms. The van der Waals surface area contributed by atoms with Gasteiger partial charge in [0.1, 0.15) is 5.92 Å². The van der Waals surface area contributed by atoms with Crippen LogP contribution in [0.4, 0.5) is 0 Å². The Morgan fingerprint density at radius 3 is 2.38 bits per heavy atom. The first-order chi connectivity index (χ1) is 7.29. The van der Waals surface area contributed by atoms with E-state index in [0.717, 1.165) is 0 Å². The first kappa shape index (κ1) is 12.7. The summed E-state index contributed by atoms with van der Waals surface area (Å²) in [5.41, 5.74) is -0.450. The highest BCUT2D eigenvalue weighted by molar-refractivity contribution is 6.42. The second kappa shape index (κ2) is 4.23. The summed E-state index contributed by atoms with van der Waals surface area (Å²) in [5.74, 6) is -2.81. The number of ether oxygens (including phenoxy) is 1. The van der Waals surface area contributed by atoms with Crippen molar-refractivity contribution in [2.24, 2.45) is 5.92 Å². The third-order valence-electron chi connectivity index (χ3n) is 2.52. The smallest absolute Gasteiger partial charge is 0.318 e. The minimum absolute atomic E-state index is 0.125. The van der Waals surface area contributed by atoms with Gasteiger partial charge in [-0.3, -0.25) is 14.4 Å². The highest BCUT2D eigenvalue weighted by atomic mass is 16.5. The van der Waals surface area contributed by atoms with Gasteiger partial charge in [0.25, 0.3) is 5.91 Å². The second-order valence-electron chi connectivity index (χ2n) is 4.76. The van der Waals surface area contributed by atoms with Crippen LogP contribution in [0, 0.1) is 5.92 Å². The van der Waals surface area contributed by atoms with E-state index >= 15 is 0 Å². The van der Waals surface area contributed by atoms with Gasteiger partial charge < -0.3 is 9.64 Å². The number of Topliss-reactive ketones (excluding diaryl/α,β-unsaturated/α-hetero) is 1. The predicted octanol–water partition coefficient (Wildman–Crippen LogP) is 0.375. The molecule has 1 fully saturated rings. The van der Waals surface area contributed by atoms with Gasteiger partial charge in [0.2, 0.25) is 5.78 Å². The molecular formula is C11H17NO4. The molecule has 1 atom stereocenters. The lowest BCUT2D eigenvalue weighted by Crippen LogP contribution is -2.43. The van der Waals surface area contributed by atoms with Gasteiger partial charge >= 0.3 is 5.97 Å². The van der Waals surface area contributed by atoms with Crippen LogP contribution in [0.2, 0.25) is 0 Å². The number of rotatable bonds is 2. The van der Waals surface area contributed by atoms with Crippen LogP contribution in [0.25, 0.3) is 0 Å². The Morgan fingerprint density at radius 2 is 2.00 bits per heavy atom. The van der Waals surface area contributed by atoms with Gasteiger partial charge in [-0.2, -0.15) is 0 Å². The second-order valence-corrected chi connectivity index (χ2v) is 4.76. The van der Waals surface area contributed by atoms with Crippen molar-refractivity contribution in [2.45, 2.75) is 33.2 Å². The summed E-state index contributed by atoms with van der Waals surface area (Å²) in [7, 11) is 0. The number of amides is 1. The average molecular weight is 227 g/mol. The third-order valence-corrected chi connectivity index (χ3v) is 2.52. The number of likely N-dealkylation sites (tertiary alicyclic amines) is 1. The SMILES string of the molecule is CCOC(=O)[C@@H]1CN(C(C)(C)C)C(=O)C1=O. The van der Waals surface area contributed by atoms with Crippen molar-refractivity contribution in [1.82, 2.24) is 4.90 Å². The number of hydrogen-bond donors (Lipinski definition) is 0. The van der Waals surface area contributed by atoms with Crippen LogP contribution in [0.15, 0.2) is 0 Å². The number of carbonyl (C=O) groups excluding carboxylic acids is 3. The summed E-state index contributed by atoms with van der Waals surface area (Å²) < 4.78 is 4.77. The number of hydrogen-bond acceptors (Lipinski definition) is 4. The molecule has 0 aromatic carbocycles. The molecule has 0 N–H and O–H groups in total. The topological polar surface area (TPSA) is 63.7 Å². The fourth-order valence-electron chi connectivity index (χ4n) is 1.63. The van der Waals surface area contributed by atoms with Crippen molar-refractivity contribution in [3.05, 3.63) is 0 Å². The number of esters is 1. The molecule has 0 unspecified atom stereocenters. The number of nitrogens with zero attached hydrogens (tertiary/aromatic N) is 1. The molecule has 1 saturated heterocycles. The molecule has 1 aliphatic rings. The molecule has 0 aromatic heterocycles. The van der Waals surface area contributed by atoms with Crippen molar-refractivity contribution in [3.63, 3.8) is 0 Å². The molecule has 0 aromatic rings. The largest absolute Gasteiger partial charge is 0.465 e. The van der Waals surface area contributed by atoms with E-state index in [-0.39, 0.29) is 13.2 Å². The van der Waals surface area contributed by atoms with Crippen LogP contribution < -0.4 is 0 Å². The van der Waals surface area contributed by atoms with E-state index in [1.807, 2.05) is 20.8 Å². The lowest BCUT2D eigenvalue weighted by atomic mass is 10.1. The fraction of sp³-hybridized carbons (Fsp3) is 0.727. The minimum atomic E-state index is -0.952. The van der Waals surface area contributed by atoms with Crippen molar-refractivity contribution in [1.29, 1.82) is 0 Å². The van der Waals surface area contributed by atoms with Gasteiger partial charge in [0.05, 0.1) is 6.61 Å². The Bertz CT molecular complexity index is 329. The summed E-state index contributed by atoms with van der Waals surface area (Å²) in [6, 6.07) is 0. The maximum atomic E-state index is 11.6. The highest BCUT2D eigenvalue weighted by Gasteiger charge is 2.47. The number of carbonyl (C=O) groups is 3. The van der Waals surface area contributed by atoms with E-state index in [1.165, 1.54) is 4.90 Å². The van der Waals surface area contributed by atoms with Crippen LogP contribution in [-0.4, -0.2) is 41.3 Å². The Balaban J connectivity index is 2.84. The van der Waals surface area contributed by atoms with Crippen LogP contribution >= 0.6 is 0 Å². The minimum Gasteiger partial charge on any atom is -0.465 e. The lowest BCUT2D eigenvalue weighted by molar-refractivity contribution is -0.151. The standard InChI is InChI=1S/C11H17NO4/c1-5-16-10(15)7-6-12(11(2,3)4)9(14)8(7)13/h7H,5-6H2,1-4H3/t7-/m1/s1. The number of ketones is 1. The molecule has 90 valence electrons. The van der Waals surface area contributed by atoms with E-state index in [2.05, 4.69) is 0 Å². The van der Waals surface area contributed by atoms with E-state index in [9.17, 15) is 14.4 Å². The Labute approximate surface area is 94.7 Å². The van der Waals surface area contributed by atoms with Crippen molar-refractivity contribution < 1.29 is 19.1 Å². The summed E-state index contributed by atoms with van der Waals surface area (Å²) >= 11 is 0. The van der Waals surface area contributed by atoms with E-state index in [1.54, 1.807) is 6.92 Å². The summed E-state index contributed by atoms with van der Waals surface area (Å²) in [6.07, 6.45) is 0. The van der Waals surface area contributed by atoms with E-state index in [4.69, 9.17) is 4.74 Å². The molecule has 1 rings (SSSR count). The third kappa shape index (κ3) is 2.23. The van der Waals surface area contributed by atoms with Gasteiger partial charge in [0, 0.05) is 12.1 Å². The van der Waals surface area contributed by atoms with Crippen molar-refractivity contribution >= 4 is 17.7 Å². The molecule has 0 aliphatic carbocycles. The fourth-order valence-corrected chi connectivity index (χ4v) is 1.63. The molecule has 0 bridgehead atoms. The molecule has 1 aliphatic heterocycles. The van der Waals surface area contributed by atoms with Crippen LogP contribution in [0.1, 0.15) is 27.7 Å². The zero-order valence-corrected chi connectivity index (χ0v) is 10.1. The average Bonchev–Trinajstić information content (AvgIpc) is 2.44. The lowest BCUT2D eigenvalue weighted by Gasteiger charge is -2.30. The molecule has 16 heavy (non-hydrogen) atoms. The summed E-state index contributed by atoms with van der Waals surface area (Å²) in [5, 5.41) is 0. The normalized spacial score (nSPS) is 21.5. The molecule has 0 radical (unpaired) electrons. The zero-order valence-electron chi connectivity index (χ0n) is 10.1. The van der Waals surface area contributed by atoms with Crippen LogP contribution in [0.3, 0.4) is 0 Å². The molecule has 1 heterocycles. The molecule has 1 amide bonds. The van der Waals surface area contributed by atoms with Crippen LogP contribution in [-0.2, 0) is 19.1 Å². The van der Waals surface area contributed by atoms with Gasteiger partial charge in [-0.05, 0) is 27.7 Å². The van der Waals surface area contributed by atoms with Crippen LogP contribution in [0.5, 0.6) is 0 Å². The maximum absolute atomic E-state index is 11.6. The van der Waals surface area contributed by atoms with Gasteiger partial charge in [0.15, 0.2) is 0 Å². The molecule has 5 nitrogen and oxygen atoms in total. The van der Waals surface area contributed by atoms with Crippen molar-refractivity contribution in [2.75, 3.05) is 13.2 Å². The predicted molar refractivity (Wildman–Crippen MR) is 56.6 cm³/mol. The first-order valence-electron chi connectivity index (χ1n) is 5.31. The Hall–Kier alpha value is -1.39. The molecule has 0 saturated carbocycles. The van der Waals surface area contributed by atoms with Crippen molar-refractivity contribution in [3.8, 4) is 0 Å². The zero-order chi connectivity index (χ0) is 12.5. The Kier molecular flexibility index (Phi) is 3.35. The maximum Gasteiger partial charge on any atom is 0.318 e. The first-order valence-corrected chi connectivity index (χ1v) is 5.31. The quantitative estimate of drug-likeness (QED) is 0.388. The highest BCUT2D eigenvalue weighted by Crippen LogP contribution is 2.24. The summed E-state index contributed by atoms with van der Waals surface area (Å²) in [4.78, 5) is 36.1. The van der Waals surface area contributed by atoms with Gasteiger partial charge in [-0.1, -0.05) is 0 Å². The van der Waals surface area contributed by atoms with E-state index in [0.29, 0.717) is 0 Å². The summed E-state index contributed by atoms with van der Waals surface area (Å²) in [6.45, 7) is 7.48. The Morgan fingerprint density at radius 1 is 1.44 bits per heavy atom. The van der Waals surface area contributed by atoms with Gasteiger partial charge in [-0.15, -0.1) is 0 Å².